The summed E-state index contributed by atoms with van der Waals surface area (Å²) in [7, 11) is 0. The van der Waals surface area contributed by atoms with Gasteiger partial charge in [-0.2, -0.15) is 5.10 Å². The van der Waals surface area contributed by atoms with Gasteiger partial charge in [-0.05, 0) is 19.1 Å². The number of nitrogens with two attached hydrogens (primary N) is 1. The quantitative estimate of drug-likeness (QED) is 0.457. The predicted molar refractivity (Wildman–Crippen MR) is 58.9 cm³/mol. The predicted octanol–water partition coefficient (Wildman–Crippen LogP) is 0.727. The van der Waals surface area contributed by atoms with E-state index >= 15 is 0 Å². The Morgan fingerprint density at radius 3 is 2.67 bits per heavy atom. The van der Waals surface area contributed by atoms with Gasteiger partial charge < -0.3 is 5.73 Å². The lowest BCUT2D eigenvalue weighted by molar-refractivity contribution is -0.137. The van der Waals surface area contributed by atoms with E-state index in [9.17, 15) is 9.59 Å². The number of thiophene rings is 1. The van der Waals surface area contributed by atoms with Crippen molar-refractivity contribution in [1.29, 1.82) is 0 Å². The Morgan fingerprint density at radius 2 is 2.20 bits per heavy atom. The van der Waals surface area contributed by atoms with E-state index in [1.165, 1.54) is 11.3 Å². The number of hydrogen-bond acceptors (Lipinski definition) is 4. The normalized spacial score (nSPS) is 11.2. The van der Waals surface area contributed by atoms with Crippen LogP contribution in [0.2, 0.25) is 4.34 Å². The van der Waals surface area contributed by atoms with Gasteiger partial charge in [0.15, 0.2) is 0 Å². The maximum atomic E-state index is 10.8. The molecule has 0 aliphatic carbocycles. The van der Waals surface area contributed by atoms with Crippen LogP contribution in [-0.2, 0) is 9.59 Å². The molecule has 1 aromatic rings. The van der Waals surface area contributed by atoms with Crippen molar-refractivity contribution in [3.05, 3.63) is 21.3 Å². The number of halogens is 1. The monoisotopic (exact) mass is 245 g/mol. The first kappa shape index (κ1) is 11.7. The molecule has 0 saturated carbocycles. The standard InChI is InChI=1S/C8H8ClN3O2S/c1-4(5-2-3-6(9)15-5)11-12-8(14)7(10)13/h2-3H,1H3,(H2,10,13)(H,12,14)/b11-4-. The van der Waals surface area contributed by atoms with Crippen LogP contribution in [0.4, 0.5) is 0 Å². The third kappa shape index (κ3) is 3.34. The second-order valence-corrected chi connectivity index (χ2v) is 4.32. The summed E-state index contributed by atoms with van der Waals surface area (Å²) in [6.07, 6.45) is 0. The Bertz CT molecular complexity index is 427. The number of hydrazone groups is 1. The van der Waals surface area contributed by atoms with Crippen molar-refractivity contribution < 1.29 is 9.59 Å². The highest BCUT2D eigenvalue weighted by Crippen LogP contribution is 2.21. The van der Waals surface area contributed by atoms with Gasteiger partial charge in [0.2, 0.25) is 0 Å². The fraction of sp³-hybridized carbons (Fsp3) is 0.125. The van der Waals surface area contributed by atoms with Gasteiger partial charge in [0.05, 0.1) is 14.9 Å². The van der Waals surface area contributed by atoms with Gasteiger partial charge in [0.25, 0.3) is 0 Å². The molecular weight excluding hydrogens is 238 g/mol. The maximum absolute atomic E-state index is 10.8. The molecule has 0 aliphatic rings. The minimum Gasteiger partial charge on any atom is -0.361 e. The van der Waals surface area contributed by atoms with E-state index in [0.717, 1.165) is 4.88 Å². The summed E-state index contributed by atoms with van der Waals surface area (Å²) < 4.78 is 0.626. The number of rotatable bonds is 2. The molecule has 0 aliphatic heterocycles. The SMILES string of the molecule is C/C(=N/NC(=O)C(N)=O)c1ccc(Cl)s1. The molecule has 0 unspecified atom stereocenters. The highest BCUT2D eigenvalue weighted by Gasteiger charge is 2.07. The van der Waals surface area contributed by atoms with Gasteiger partial charge in [-0.3, -0.25) is 9.59 Å². The van der Waals surface area contributed by atoms with Gasteiger partial charge in [-0.25, -0.2) is 5.43 Å². The molecule has 1 rings (SSSR count). The number of hydrogen-bond donors (Lipinski definition) is 2. The lowest BCUT2D eigenvalue weighted by Gasteiger charge is -1.97. The average Bonchev–Trinajstić information content (AvgIpc) is 2.60. The summed E-state index contributed by atoms with van der Waals surface area (Å²) in [4.78, 5) is 22.0. The minimum absolute atomic E-state index is 0.557. The smallest absolute Gasteiger partial charge is 0.329 e. The Hall–Kier alpha value is -1.40. The molecule has 0 radical (unpaired) electrons. The molecular formula is C8H8ClN3O2S. The third-order valence-corrected chi connectivity index (χ3v) is 2.82. The van der Waals surface area contributed by atoms with Crippen LogP contribution in [0.15, 0.2) is 17.2 Å². The van der Waals surface area contributed by atoms with Crippen molar-refractivity contribution in [2.24, 2.45) is 10.8 Å². The minimum atomic E-state index is -1.07. The van der Waals surface area contributed by atoms with Crippen LogP contribution >= 0.6 is 22.9 Å². The second-order valence-electron chi connectivity index (χ2n) is 2.61. The van der Waals surface area contributed by atoms with E-state index in [4.69, 9.17) is 17.3 Å². The van der Waals surface area contributed by atoms with E-state index in [0.29, 0.717) is 10.0 Å². The highest BCUT2D eigenvalue weighted by atomic mass is 35.5. The van der Waals surface area contributed by atoms with Gasteiger partial charge in [-0.1, -0.05) is 11.6 Å². The molecule has 1 aromatic heterocycles. The number of carbonyl (C=O) groups excluding carboxylic acids is 2. The molecule has 0 saturated heterocycles. The molecule has 80 valence electrons. The van der Waals surface area contributed by atoms with Crippen molar-refractivity contribution in [3.8, 4) is 0 Å². The summed E-state index contributed by atoms with van der Waals surface area (Å²) in [5.74, 6) is -2.02. The summed E-state index contributed by atoms with van der Waals surface area (Å²) in [6.45, 7) is 1.68. The number of primary amides is 1. The van der Waals surface area contributed by atoms with Crippen molar-refractivity contribution in [1.82, 2.24) is 5.43 Å². The molecule has 1 heterocycles. The second kappa shape index (κ2) is 4.90. The van der Waals surface area contributed by atoms with Crippen molar-refractivity contribution in [2.45, 2.75) is 6.92 Å². The van der Waals surface area contributed by atoms with Crippen LogP contribution < -0.4 is 11.2 Å². The van der Waals surface area contributed by atoms with Gasteiger partial charge in [0, 0.05) is 0 Å². The molecule has 7 heteroatoms. The van der Waals surface area contributed by atoms with E-state index in [1.54, 1.807) is 19.1 Å². The van der Waals surface area contributed by atoms with E-state index in [1.807, 2.05) is 5.43 Å². The first-order valence-corrected chi connectivity index (χ1v) is 5.10. The zero-order valence-corrected chi connectivity index (χ0v) is 9.35. The largest absolute Gasteiger partial charge is 0.361 e. The Labute approximate surface area is 94.9 Å². The van der Waals surface area contributed by atoms with Crippen LogP contribution in [0.5, 0.6) is 0 Å². The molecule has 0 fully saturated rings. The summed E-state index contributed by atoms with van der Waals surface area (Å²) in [5.41, 5.74) is 7.31. The Morgan fingerprint density at radius 1 is 1.53 bits per heavy atom. The number of nitrogens with one attached hydrogen (secondary N) is 1. The Kier molecular flexibility index (Phi) is 3.81. The summed E-state index contributed by atoms with van der Waals surface area (Å²) >= 11 is 7.04. The topological polar surface area (TPSA) is 84.6 Å². The van der Waals surface area contributed by atoms with E-state index in [2.05, 4.69) is 5.10 Å². The van der Waals surface area contributed by atoms with Crippen molar-refractivity contribution in [2.75, 3.05) is 0 Å². The maximum Gasteiger partial charge on any atom is 0.329 e. The van der Waals surface area contributed by atoms with Gasteiger partial charge >= 0.3 is 11.8 Å². The van der Waals surface area contributed by atoms with Gasteiger partial charge in [0.1, 0.15) is 0 Å². The van der Waals surface area contributed by atoms with Crippen LogP contribution in [-0.4, -0.2) is 17.5 Å². The van der Waals surface area contributed by atoms with Crippen LogP contribution in [0.1, 0.15) is 11.8 Å². The third-order valence-electron chi connectivity index (χ3n) is 1.48. The number of amides is 2. The average molecular weight is 246 g/mol. The molecule has 15 heavy (non-hydrogen) atoms. The summed E-state index contributed by atoms with van der Waals surface area (Å²) in [6, 6.07) is 3.48. The highest BCUT2D eigenvalue weighted by molar-refractivity contribution is 7.18. The molecule has 5 nitrogen and oxygen atoms in total. The molecule has 0 aromatic carbocycles. The number of nitrogens with zero attached hydrogens (tertiary/aromatic N) is 1. The van der Waals surface area contributed by atoms with Crippen LogP contribution in [0, 0.1) is 0 Å². The first-order valence-electron chi connectivity index (χ1n) is 3.90. The molecule has 0 atom stereocenters. The van der Waals surface area contributed by atoms with E-state index in [-0.39, 0.29) is 0 Å². The Balaban J connectivity index is 2.69. The van der Waals surface area contributed by atoms with Crippen molar-refractivity contribution in [3.63, 3.8) is 0 Å². The summed E-state index contributed by atoms with van der Waals surface area (Å²) in [5, 5.41) is 3.70. The van der Waals surface area contributed by atoms with Crippen LogP contribution in [0.25, 0.3) is 0 Å². The molecule has 0 bridgehead atoms. The molecule has 3 N–H and O–H groups in total. The first-order chi connectivity index (χ1) is 7.00. The van der Waals surface area contributed by atoms with Crippen molar-refractivity contribution >= 4 is 40.5 Å². The lowest BCUT2D eigenvalue weighted by Crippen LogP contribution is -2.33. The lowest BCUT2D eigenvalue weighted by atomic mass is 10.3. The fourth-order valence-corrected chi connectivity index (χ4v) is 1.74. The van der Waals surface area contributed by atoms with E-state index < -0.39 is 11.8 Å². The zero-order valence-electron chi connectivity index (χ0n) is 7.78. The fourth-order valence-electron chi connectivity index (χ4n) is 0.754. The molecule has 0 spiro atoms. The zero-order chi connectivity index (χ0) is 11.4. The number of carbonyl (C=O) groups is 2. The van der Waals surface area contributed by atoms with Crippen LogP contribution in [0.3, 0.4) is 0 Å². The van der Waals surface area contributed by atoms with Gasteiger partial charge in [-0.15, -0.1) is 11.3 Å². The molecule has 2 amide bonds.